The van der Waals surface area contributed by atoms with E-state index in [-0.39, 0.29) is 11.4 Å². The van der Waals surface area contributed by atoms with Gasteiger partial charge in [-0.2, -0.15) is 28.2 Å². The second-order valence-corrected chi connectivity index (χ2v) is 8.20. The second-order valence-electron chi connectivity index (χ2n) is 7.01. The predicted molar refractivity (Wildman–Crippen MR) is 117 cm³/mol. The van der Waals surface area contributed by atoms with Gasteiger partial charge in [0.2, 0.25) is 0 Å². The molecule has 0 aliphatic heterocycles. The molecule has 9 nitrogen and oxygen atoms in total. The van der Waals surface area contributed by atoms with Crippen LogP contribution in [0.3, 0.4) is 0 Å². The van der Waals surface area contributed by atoms with Crippen LogP contribution in [-0.4, -0.2) is 38.1 Å². The standard InChI is InChI=1S/C20H18F3N7O2S/c1-10(32-3)16-15(9-24-18-17(16)27-11(2)33-18)29-19(31)28-13-6-12(20(21,22)23)7-14(8-13)30-25-4-5-26-30/h4-10H,1-3H3,(H2,28,29,31). The Morgan fingerprint density at radius 3 is 2.58 bits per heavy atom. The summed E-state index contributed by atoms with van der Waals surface area (Å²) < 4.78 is 45.6. The lowest BCUT2D eigenvalue weighted by Crippen LogP contribution is -2.22. The number of hydrogen-bond donors (Lipinski definition) is 2. The highest BCUT2D eigenvalue weighted by atomic mass is 32.1. The third-order valence-electron chi connectivity index (χ3n) is 4.73. The molecule has 33 heavy (non-hydrogen) atoms. The largest absolute Gasteiger partial charge is 0.416 e. The van der Waals surface area contributed by atoms with Crippen molar-refractivity contribution in [2.24, 2.45) is 0 Å². The molecule has 3 heterocycles. The number of urea groups is 1. The number of halogens is 3. The van der Waals surface area contributed by atoms with Crippen LogP contribution in [0, 0.1) is 6.92 Å². The van der Waals surface area contributed by atoms with Crippen LogP contribution in [0.5, 0.6) is 0 Å². The summed E-state index contributed by atoms with van der Waals surface area (Å²) in [6.45, 7) is 3.63. The molecule has 4 rings (SSSR count). The monoisotopic (exact) mass is 477 g/mol. The number of benzene rings is 1. The van der Waals surface area contributed by atoms with Gasteiger partial charge in [0.15, 0.2) is 0 Å². The van der Waals surface area contributed by atoms with Gasteiger partial charge in [-0.25, -0.2) is 14.8 Å². The van der Waals surface area contributed by atoms with Crippen LogP contribution in [0.2, 0.25) is 0 Å². The topological polar surface area (TPSA) is 107 Å². The maximum Gasteiger partial charge on any atom is 0.416 e. The van der Waals surface area contributed by atoms with Gasteiger partial charge >= 0.3 is 12.2 Å². The van der Waals surface area contributed by atoms with Gasteiger partial charge in [-0.3, -0.25) is 0 Å². The molecule has 0 fully saturated rings. The lowest BCUT2D eigenvalue weighted by atomic mass is 10.1. The summed E-state index contributed by atoms with van der Waals surface area (Å²) in [6.07, 6.45) is -0.910. The van der Waals surface area contributed by atoms with Crippen molar-refractivity contribution in [3.8, 4) is 5.69 Å². The van der Waals surface area contributed by atoms with E-state index in [1.54, 1.807) is 6.92 Å². The summed E-state index contributed by atoms with van der Waals surface area (Å²) in [6, 6.07) is 2.30. The highest BCUT2D eigenvalue weighted by Crippen LogP contribution is 2.35. The number of nitrogens with zero attached hydrogens (tertiary/aromatic N) is 5. The summed E-state index contributed by atoms with van der Waals surface area (Å²) in [4.78, 5) is 23.2. The van der Waals surface area contributed by atoms with Crippen LogP contribution in [0.1, 0.15) is 29.2 Å². The molecule has 0 saturated heterocycles. The SMILES string of the molecule is COC(C)c1c(NC(=O)Nc2cc(-n3nccn3)cc(C(F)(F)F)c2)cnc2sc(C)nc12. The van der Waals surface area contributed by atoms with E-state index in [2.05, 4.69) is 30.8 Å². The molecular weight excluding hydrogens is 459 g/mol. The maximum absolute atomic E-state index is 13.4. The van der Waals surface area contributed by atoms with Crippen molar-refractivity contribution in [2.45, 2.75) is 26.1 Å². The average molecular weight is 477 g/mol. The molecule has 0 radical (unpaired) electrons. The van der Waals surface area contributed by atoms with Crippen molar-refractivity contribution < 1.29 is 22.7 Å². The molecule has 172 valence electrons. The number of alkyl halides is 3. The van der Waals surface area contributed by atoms with Crippen molar-refractivity contribution in [1.29, 1.82) is 0 Å². The molecule has 0 spiro atoms. The van der Waals surface area contributed by atoms with Crippen LogP contribution >= 0.6 is 11.3 Å². The maximum atomic E-state index is 13.4. The first-order chi connectivity index (χ1) is 15.7. The molecule has 1 unspecified atom stereocenters. The Balaban J connectivity index is 1.66. The fourth-order valence-corrected chi connectivity index (χ4v) is 4.00. The lowest BCUT2D eigenvalue weighted by molar-refractivity contribution is -0.137. The van der Waals surface area contributed by atoms with Crippen molar-refractivity contribution in [3.05, 3.63) is 52.9 Å². The van der Waals surface area contributed by atoms with Gasteiger partial charge in [0.25, 0.3) is 0 Å². The number of anilines is 2. The molecule has 0 aliphatic carbocycles. The number of aromatic nitrogens is 5. The minimum absolute atomic E-state index is 0.0415. The number of pyridine rings is 1. The number of ether oxygens (including phenoxy) is 1. The number of thiazole rings is 1. The average Bonchev–Trinajstić information content (AvgIpc) is 3.41. The van der Waals surface area contributed by atoms with Gasteiger partial charge in [0, 0.05) is 18.4 Å². The molecule has 2 amide bonds. The van der Waals surface area contributed by atoms with Crippen LogP contribution in [-0.2, 0) is 10.9 Å². The van der Waals surface area contributed by atoms with Crippen molar-refractivity contribution >= 4 is 39.1 Å². The molecule has 13 heteroatoms. The molecule has 2 N–H and O–H groups in total. The van der Waals surface area contributed by atoms with E-state index < -0.39 is 23.9 Å². The quantitative estimate of drug-likeness (QED) is 0.421. The summed E-state index contributed by atoms with van der Waals surface area (Å²) in [5.74, 6) is 0. The number of fused-ring (bicyclic) bond motifs is 1. The molecule has 0 bridgehead atoms. The van der Waals surface area contributed by atoms with E-state index in [9.17, 15) is 18.0 Å². The summed E-state index contributed by atoms with van der Waals surface area (Å²) in [7, 11) is 1.52. The van der Waals surface area contributed by atoms with E-state index in [1.165, 1.54) is 43.1 Å². The van der Waals surface area contributed by atoms with E-state index in [0.717, 1.165) is 21.9 Å². The summed E-state index contributed by atoms with van der Waals surface area (Å²) in [5.41, 5.74) is 0.542. The summed E-state index contributed by atoms with van der Waals surface area (Å²) >= 11 is 1.40. The zero-order chi connectivity index (χ0) is 23.8. The Bertz CT molecular complexity index is 1310. The Labute approximate surface area is 189 Å². The van der Waals surface area contributed by atoms with Crippen molar-refractivity contribution in [3.63, 3.8) is 0 Å². The van der Waals surface area contributed by atoms with E-state index in [0.29, 0.717) is 21.6 Å². The first-order valence-corrected chi connectivity index (χ1v) is 10.4. The zero-order valence-electron chi connectivity index (χ0n) is 17.6. The minimum atomic E-state index is -4.63. The number of carbonyl (C=O) groups is 1. The van der Waals surface area contributed by atoms with Gasteiger partial charge in [0.1, 0.15) is 10.3 Å². The lowest BCUT2D eigenvalue weighted by Gasteiger charge is -2.17. The van der Waals surface area contributed by atoms with E-state index in [1.807, 2.05) is 6.92 Å². The number of aryl methyl sites for hydroxylation is 1. The first-order valence-electron chi connectivity index (χ1n) is 9.61. The van der Waals surface area contributed by atoms with Gasteiger partial charge in [-0.05, 0) is 32.0 Å². The fraction of sp³-hybridized carbons (Fsp3) is 0.250. The Kier molecular flexibility index (Phi) is 5.99. The van der Waals surface area contributed by atoms with Gasteiger partial charge in [-0.15, -0.1) is 0 Å². The van der Waals surface area contributed by atoms with E-state index in [4.69, 9.17) is 4.74 Å². The number of methoxy groups -OCH3 is 1. The minimum Gasteiger partial charge on any atom is -0.377 e. The smallest absolute Gasteiger partial charge is 0.377 e. The fourth-order valence-electron chi connectivity index (χ4n) is 3.22. The molecule has 1 atom stereocenters. The third kappa shape index (κ3) is 4.78. The van der Waals surface area contributed by atoms with Crippen LogP contribution < -0.4 is 10.6 Å². The molecular formula is C20H18F3N7O2S. The van der Waals surface area contributed by atoms with Crippen LogP contribution in [0.15, 0.2) is 36.8 Å². The molecule has 0 aliphatic rings. The number of nitrogens with one attached hydrogen (secondary N) is 2. The Morgan fingerprint density at radius 2 is 1.91 bits per heavy atom. The van der Waals surface area contributed by atoms with Gasteiger partial charge in [0.05, 0.1) is 46.6 Å². The molecule has 3 aromatic heterocycles. The summed E-state index contributed by atoms with van der Waals surface area (Å²) in [5, 5.41) is 13.6. The number of hydrogen-bond acceptors (Lipinski definition) is 7. The molecule has 0 saturated carbocycles. The number of carbonyl (C=O) groups excluding carboxylic acids is 1. The third-order valence-corrected chi connectivity index (χ3v) is 5.61. The van der Waals surface area contributed by atoms with Crippen molar-refractivity contribution in [1.82, 2.24) is 25.0 Å². The predicted octanol–water partition coefficient (Wildman–Crippen LogP) is 4.95. The number of amides is 2. The second kappa shape index (κ2) is 8.75. The first kappa shape index (κ1) is 22.6. The number of rotatable bonds is 5. The highest BCUT2D eigenvalue weighted by molar-refractivity contribution is 7.18. The zero-order valence-corrected chi connectivity index (χ0v) is 18.5. The molecule has 1 aromatic carbocycles. The Morgan fingerprint density at radius 1 is 1.18 bits per heavy atom. The van der Waals surface area contributed by atoms with E-state index >= 15 is 0 Å². The normalized spacial score (nSPS) is 12.7. The highest BCUT2D eigenvalue weighted by Gasteiger charge is 2.32. The molecule has 4 aromatic rings. The van der Waals surface area contributed by atoms with Crippen LogP contribution in [0.25, 0.3) is 16.0 Å². The van der Waals surface area contributed by atoms with Gasteiger partial charge < -0.3 is 15.4 Å². The van der Waals surface area contributed by atoms with Gasteiger partial charge in [-0.1, -0.05) is 11.3 Å². The van der Waals surface area contributed by atoms with Crippen LogP contribution in [0.4, 0.5) is 29.3 Å². The Hall–Kier alpha value is -3.58. The van der Waals surface area contributed by atoms with Crippen molar-refractivity contribution in [2.75, 3.05) is 17.7 Å².